The van der Waals surface area contributed by atoms with Crippen molar-refractivity contribution in [3.63, 3.8) is 0 Å². The summed E-state index contributed by atoms with van der Waals surface area (Å²) in [6.45, 7) is 4.85. The maximum Gasteiger partial charge on any atom is 0.260 e. The van der Waals surface area contributed by atoms with E-state index in [2.05, 4.69) is 21.7 Å². The lowest BCUT2D eigenvalue weighted by molar-refractivity contribution is 0.0277. The van der Waals surface area contributed by atoms with Crippen molar-refractivity contribution in [1.82, 2.24) is 19.9 Å². The van der Waals surface area contributed by atoms with Gasteiger partial charge in [0.1, 0.15) is 5.65 Å². The van der Waals surface area contributed by atoms with Crippen LogP contribution in [0.15, 0.2) is 59.5 Å². The quantitative estimate of drug-likeness (QED) is 0.367. The second-order valence-electron chi connectivity index (χ2n) is 9.40. The molecule has 2 aliphatic rings. The van der Waals surface area contributed by atoms with Gasteiger partial charge < -0.3 is 15.4 Å². The highest BCUT2D eigenvalue weighted by Gasteiger charge is 2.24. The minimum absolute atomic E-state index is 0.0660. The van der Waals surface area contributed by atoms with Crippen LogP contribution < -0.4 is 16.2 Å². The number of ether oxygens (including phenoxy) is 1. The van der Waals surface area contributed by atoms with Crippen LogP contribution in [-0.2, 0) is 11.3 Å². The molecule has 0 bridgehead atoms. The number of fused-ring (bicyclic) bond motifs is 1. The Morgan fingerprint density at radius 3 is 2.61 bits per heavy atom. The van der Waals surface area contributed by atoms with E-state index < -0.39 is 0 Å². The Balaban J connectivity index is 1.30. The number of nitrogens with zero attached hydrogens (tertiary/aromatic N) is 3. The van der Waals surface area contributed by atoms with Crippen molar-refractivity contribution in [2.24, 2.45) is 0 Å². The molecule has 0 radical (unpaired) electrons. The summed E-state index contributed by atoms with van der Waals surface area (Å²) in [5.41, 5.74) is 5.03. The van der Waals surface area contributed by atoms with E-state index in [1.54, 1.807) is 10.8 Å². The van der Waals surface area contributed by atoms with Gasteiger partial charge in [0.05, 0.1) is 12.7 Å². The average Bonchev–Trinajstić information content (AvgIpc) is 3.75. The van der Waals surface area contributed by atoms with E-state index in [0.717, 1.165) is 35.3 Å². The van der Waals surface area contributed by atoms with Crippen LogP contribution in [0, 0.1) is 0 Å². The largest absolute Gasteiger partial charge is 0.371 e. The lowest BCUT2D eigenvalue weighted by Crippen LogP contribution is -2.33. The fourth-order valence-electron chi connectivity index (χ4n) is 4.82. The van der Waals surface area contributed by atoms with Crippen molar-refractivity contribution in [2.75, 3.05) is 25.0 Å². The number of anilines is 2. The summed E-state index contributed by atoms with van der Waals surface area (Å²) in [6.07, 6.45) is 4.23. The third kappa shape index (κ3) is 4.50. The van der Waals surface area contributed by atoms with Gasteiger partial charge in [0.2, 0.25) is 5.95 Å². The number of benzene rings is 2. The van der Waals surface area contributed by atoms with E-state index in [1.165, 1.54) is 18.4 Å². The van der Waals surface area contributed by atoms with Crippen molar-refractivity contribution in [1.29, 1.82) is 0 Å². The predicted octanol–water partition coefficient (Wildman–Crippen LogP) is 5.41. The van der Waals surface area contributed by atoms with Crippen molar-refractivity contribution in [3.05, 3.63) is 81.2 Å². The van der Waals surface area contributed by atoms with E-state index in [1.807, 2.05) is 49.4 Å². The summed E-state index contributed by atoms with van der Waals surface area (Å²) in [4.78, 5) is 22.7. The summed E-state index contributed by atoms with van der Waals surface area (Å²) in [7, 11) is 0. The third-order valence-electron chi connectivity index (χ3n) is 6.94. The van der Waals surface area contributed by atoms with Crippen LogP contribution in [0.3, 0.4) is 0 Å². The minimum atomic E-state index is -0.110. The first-order valence-corrected chi connectivity index (χ1v) is 12.9. The average molecular weight is 502 g/mol. The van der Waals surface area contributed by atoms with Crippen LogP contribution in [0.2, 0.25) is 5.02 Å². The first-order valence-electron chi connectivity index (χ1n) is 12.5. The Morgan fingerprint density at radius 1 is 1.11 bits per heavy atom. The lowest BCUT2D eigenvalue weighted by Gasteiger charge is -2.24. The molecule has 1 unspecified atom stereocenters. The molecule has 1 aliphatic heterocycles. The zero-order valence-corrected chi connectivity index (χ0v) is 20.9. The van der Waals surface area contributed by atoms with Crippen LogP contribution in [0.1, 0.15) is 42.9 Å². The van der Waals surface area contributed by atoms with Crippen molar-refractivity contribution < 1.29 is 4.74 Å². The maximum atomic E-state index is 13.5. The topological polar surface area (TPSA) is 81.1 Å². The van der Waals surface area contributed by atoms with Gasteiger partial charge in [-0.25, -0.2) is 4.98 Å². The second kappa shape index (κ2) is 9.65. The molecule has 1 saturated carbocycles. The fourth-order valence-corrected chi connectivity index (χ4v) is 5.11. The van der Waals surface area contributed by atoms with Gasteiger partial charge >= 0.3 is 0 Å². The van der Waals surface area contributed by atoms with Gasteiger partial charge in [-0.05, 0) is 61.1 Å². The second-order valence-corrected chi connectivity index (χ2v) is 9.81. The molecule has 0 spiro atoms. The molecule has 0 amide bonds. The van der Waals surface area contributed by atoms with Crippen molar-refractivity contribution in [3.8, 4) is 11.1 Å². The molecule has 6 rings (SSSR count). The summed E-state index contributed by atoms with van der Waals surface area (Å²) in [6, 6.07) is 16.0. The highest BCUT2D eigenvalue weighted by molar-refractivity contribution is 6.33. The molecule has 36 heavy (non-hydrogen) atoms. The highest BCUT2D eigenvalue weighted by Crippen LogP contribution is 2.42. The van der Waals surface area contributed by atoms with Gasteiger partial charge in [0.15, 0.2) is 0 Å². The summed E-state index contributed by atoms with van der Waals surface area (Å²) in [5, 5.41) is 8.01. The number of nitrogens with one attached hydrogen (secondary N) is 2. The Bertz CT molecular complexity index is 1470. The molecule has 1 atom stereocenters. The van der Waals surface area contributed by atoms with Crippen LogP contribution >= 0.6 is 11.6 Å². The molecule has 7 nitrogen and oxygen atoms in total. The Labute approximate surface area is 214 Å². The summed E-state index contributed by atoms with van der Waals surface area (Å²) in [5.74, 6) is 1.04. The molecule has 1 aliphatic carbocycles. The highest BCUT2D eigenvalue weighted by atomic mass is 35.5. The van der Waals surface area contributed by atoms with Crippen LogP contribution in [0.4, 0.5) is 11.6 Å². The maximum absolute atomic E-state index is 13.5. The summed E-state index contributed by atoms with van der Waals surface area (Å²) >= 11 is 6.63. The standard InChI is InChI=1S/C28H28ClN5O2/c1-2-34-26-20(13-23(27(34)35)22-10-7-19(14-24(22)29)17-3-4-17)15-31-28(33-26)32-21-8-5-18(6-9-21)25-16-30-11-12-36-25/h5-10,13-15,17,25,30H,2-4,11-12,16H2,1H3,(H,31,32,33). The first-order chi connectivity index (χ1) is 17.6. The zero-order chi connectivity index (χ0) is 24.6. The number of aromatic nitrogens is 3. The molecular formula is C28H28ClN5O2. The van der Waals surface area contributed by atoms with Gasteiger partial charge in [-0.2, -0.15) is 4.98 Å². The van der Waals surface area contributed by atoms with Crippen molar-refractivity contribution >= 4 is 34.3 Å². The summed E-state index contributed by atoms with van der Waals surface area (Å²) < 4.78 is 7.51. The van der Waals surface area contributed by atoms with Gasteiger partial charge in [-0.3, -0.25) is 9.36 Å². The van der Waals surface area contributed by atoms with E-state index in [9.17, 15) is 4.79 Å². The van der Waals surface area contributed by atoms with Crippen LogP contribution in [-0.4, -0.2) is 34.2 Å². The number of hydrogen-bond acceptors (Lipinski definition) is 6. The molecule has 2 aromatic heterocycles. The molecule has 1 saturated heterocycles. The van der Waals surface area contributed by atoms with E-state index in [4.69, 9.17) is 21.3 Å². The number of aryl methyl sites for hydroxylation is 1. The van der Waals surface area contributed by atoms with Gasteiger partial charge in [0, 0.05) is 53.1 Å². The molecule has 2 aromatic carbocycles. The monoisotopic (exact) mass is 501 g/mol. The molecule has 2 fully saturated rings. The molecule has 2 N–H and O–H groups in total. The van der Waals surface area contributed by atoms with E-state index in [-0.39, 0.29) is 11.7 Å². The van der Waals surface area contributed by atoms with Crippen molar-refractivity contribution in [2.45, 2.75) is 38.3 Å². The Hall–Kier alpha value is -3.26. The van der Waals surface area contributed by atoms with Gasteiger partial charge in [-0.15, -0.1) is 0 Å². The number of halogens is 1. The Kier molecular flexibility index (Phi) is 6.21. The minimum Gasteiger partial charge on any atom is -0.371 e. The molecule has 8 heteroatoms. The van der Waals surface area contributed by atoms with Crippen LogP contribution in [0.25, 0.3) is 22.2 Å². The third-order valence-corrected chi connectivity index (χ3v) is 7.25. The number of morpholine rings is 1. The van der Waals surface area contributed by atoms with Gasteiger partial charge in [-0.1, -0.05) is 35.9 Å². The smallest absolute Gasteiger partial charge is 0.260 e. The number of hydrogen-bond donors (Lipinski definition) is 2. The van der Waals surface area contributed by atoms with Crippen LogP contribution in [0.5, 0.6) is 0 Å². The number of rotatable bonds is 6. The Morgan fingerprint density at radius 2 is 1.92 bits per heavy atom. The fraction of sp³-hybridized carbons (Fsp3) is 0.321. The van der Waals surface area contributed by atoms with Gasteiger partial charge in [0.25, 0.3) is 5.56 Å². The molecule has 4 aromatic rings. The SMILES string of the molecule is CCn1c(=O)c(-c2ccc(C3CC3)cc2Cl)cc2cnc(Nc3ccc(C4CNCCO4)cc3)nc21. The lowest BCUT2D eigenvalue weighted by atomic mass is 10.0. The van der Waals surface area contributed by atoms with E-state index >= 15 is 0 Å². The molecular weight excluding hydrogens is 474 g/mol. The number of pyridine rings is 1. The predicted molar refractivity (Wildman–Crippen MR) is 143 cm³/mol. The zero-order valence-electron chi connectivity index (χ0n) is 20.1. The van der Waals surface area contributed by atoms with E-state index in [0.29, 0.717) is 41.3 Å². The molecule has 184 valence electrons. The first kappa shape index (κ1) is 23.2. The molecule has 3 heterocycles. The normalized spacial score (nSPS) is 17.9.